The molecule has 2 aromatic heterocycles. The first kappa shape index (κ1) is 11.9. The molecule has 0 saturated heterocycles. The standard InChI is InChI=1S/C12H15N3OS/c1-4-7-5(2)8-9(13)10(11(14)16)17-12(8)15-6(7)3/h4,13H2,1-3H3,(H2,14,16). The number of primary amides is 1. The predicted octanol–water partition coefficient (Wildman–Crippen LogP) is 2.16. The highest BCUT2D eigenvalue weighted by molar-refractivity contribution is 7.21. The predicted molar refractivity (Wildman–Crippen MR) is 71.4 cm³/mol. The van der Waals surface area contributed by atoms with Crippen molar-refractivity contribution < 1.29 is 4.79 Å². The van der Waals surface area contributed by atoms with Gasteiger partial charge in [-0.15, -0.1) is 11.3 Å². The lowest BCUT2D eigenvalue weighted by molar-refractivity contribution is 0.100. The lowest BCUT2D eigenvalue weighted by Crippen LogP contribution is -2.10. The van der Waals surface area contributed by atoms with E-state index in [9.17, 15) is 4.79 Å². The monoisotopic (exact) mass is 249 g/mol. The Bertz CT molecular complexity index is 616. The van der Waals surface area contributed by atoms with Crippen LogP contribution in [0.15, 0.2) is 0 Å². The Morgan fingerprint density at radius 1 is 1.41 bits per heavy atom. The zero-order valence-corrected chi connectivity index (χ0v) is 10.9. The van der Waals surface area contributed by atoms with Gasteiger partial charge < -0.3 is 11.5 Å². The first-order chi connectivity index (χ1) is 7.97. The van der Waals surface area contributed by atoms with E-state index >= 15 is 0 Å². The summed E-state index contributed by atoms with van der Waals surface area (Å²) in [5.74, 6) is -0.486. The van der Waals surface area contributed by atoms with Gasteiger partial charge in [0.1, 0.15) is 9.71 Å². The van der Waals surface area contributed by atoms with Gasteiger partial charge in [-0.3, -0.25) is 4.79 Å². The van der Waals surface area contributed by atoms with Crippen LogP contribution in [0.3, 0.4) is 0 Å². The fourth-order valence-electron chi connectivity index (χ4n) is 2.22. The number of anilines is 1. The second-order valence-corrected chi connectivity index (χ2v) is 5.04. The molecule has 1 amide bonds. The molecule has 0 radical (unpaired) electrons. The minimum Gasteiger partial charge on any atom is -0.397 e. The Morgan fingerprint density at radius 3 is 2.59 bits per heavy atom. The Hall–Kier alpha value is -1.62. The number of amides is 1. The van der Waals surface area contributed by atoms with Gasteiger partial charge in [0, 0.05) is 11.1 Å². The number of nitrogens with zero attached hydrogens (tertiary/aromatic N) is 1. The van der Waals surface area contributed by atoms with Crippen molar-refractivity contribution in [1.82, 2.24) is 4.98 Å². The molecule has 0 aliphatic rings. The number of fused-ring (bicyclic) bond motifs is 1. The average molecular weight is 249 g/mol. The molecule has 0 bridgehead atoms. The van der Waals surface area contributed by atoms with E-state index in [0.29, 0.717) is 10.6 Å². The van der Waals surface area contributed by atoms with Gasteiger partial charge in [0.15, 0.2) is 0 Å². The lowest BCUT2D eigenvalue weighted by atomic mass is 10.0. The van der Waals surface area contributed by atoms with Gasteiger partial charge in [-0.05, 0) is 31.4 Å². The van der Waals surface area contributed by atoms with Crippen LogP contribution < -0.4 is 11.5 Å². The minimum atomic E-state index is -0.486. The molecule has 2 heterocycles. The topological polar surface area (TPSA) is 82.0 Å². The summed E-state index contributed by atoms with van der Waals surface area (Å²) in [6.45, 7) is 6.08. The van der Waals surface area contributed by atoms with E-state index in [0.717, 1.165) is 27.9 Å². The molecular weight excluding hydrogens is 234 g/mol. The number of thiophene rings is 1. The molecule has 4 N–H and O–H groups in total. The van der Waals surface area contributed by atoms with E-state index < -0.39 is 5.91 Å². The first-order valence-electron chi connectivity index (χ1n) is 5.45. The zero-order chi connectivity index (χ0) is 12.7. The average Bonchev–Trinajstić information content (AvgIpc) is 2.56. The fourth-order valence-corrected chi connectivity index (χ4v) is 3.27. The number of rotatable bonds is 2. The number of carbonyl (C=O) groups excluding carboxylic acids is 1. The molecule has 0 aromatic carbocycles. The second-order valence-electron chi connectivity index (χ2n) is 4.04. The summed E-state index contributed by atoms with van der Waals surface area (Å²) in [5.41, 5.74) is 15.0. The molecule has 5 heteroatoms. The summed E-state index contributed by atoms with van der Waals surface area (Å²) in [6, 6.07) is 0. The van der Waals surface area contributed by atoms with E-state index in [1.807, 2.05) is 13.8 Å². The Balaban J connectivity index is 2.89. The Labute approximate surface area is 104 Å². The molecule has 0 aliphatic carbocycles. The highest BCUT2D eigenvalue weighted by atomic mass is 32.1. The third-order valence-electron chi connectivity index (χ3n) is 3.04. The first-order valence-corrected chi connectivity index (χ1v) is 6.26. The highest BCUT2D eigenvalue weighted by Gasteiger charge is 2.18. The Kier molecular flexibility index (Phi) is 2.79. The Morgan fingerprint density at radius 2 is 2.06 bits per heavy atom. The maximum absolute atomic E-state index is 11.3. The minimum absolute atomic E-state index is 0.406. The summed E-state index contributed by atoms with van der Waals surface area (Å²) in [5, 5.41) is 0.881. The lowest BCUT2D eigenvalue weighted by Gasteiger charge is -2.08. The van der Waals surface area contributed by atoms with Crippen molar-refractivity contribution in [3.05, 3.63) is 21.7 Å². The van der Waals surface area contributed by atoms with Gasteiger partial charge in [-0.2, -0.15) is 0 Å². The fraction of sp³-hybridized carbons (Fsp3) is 0.333. The molecule has 90 valence electrons. The number of aromatic nitrogens is 1. The van der Waals surface area contributed by atoms with E-state index in [2.05, 4.69) is 11.9 Å². The molecule has 2 aromatic rings. The van der Waals surface area contributed by atoms with Crippen LogP contribution in [0.25, 0.3) is 10.2 Å². The highest BCUT2D eigenvalue weighted by Crippen LogP contribution is 2.36. The van der Waals surface area contributed by atoms with Crippen molar-refractivity contribution in [2.45, 2.75) is 27.2 Å². The number of hydrogen-bond donors (Lipinski definition) is 2. The van der Waals surface area contributed by atoms with E-state index in [4.69, 9.17) is 11.5 Å². The summed E-state index contributed by atoms with van der Waals surface area (Å²) < 4.78 is 0. The number of nitrogens with two attached hydrogens (primary N) is 2. The van der Waals surface area contributed by atoms with Crippen LogP contribution in [0.5, 0.6) is 0 Å². The molecule has 0 unspecified atom stereocenters. The summed E-state index contributed by atoms with van der Waals surface area (Å²) in [7, 11) is 0. The van der Waals surface area contributed by atoms with Crippen molar-refractivity contribution in [3.63, 3.8) is 0 Å². The van der Waals surface area contributed by atoms with E-state index in [1.165, 1.54) is 16.9 Å². The summed E-state index contributed by atoms with van der Waals surface area (Å²) in [6.07, 6.45) is 0.905. The van der Waals surface area contributed by atoms with Crippen molar-refractivity contribution >= 4 is 33.1 Å². The molecular formula is C12H15N3OS. The summed E-state index contributed by atoms with van der Waals surface area (Å²) >= 11 is 1.27. The molecule has 0 aliphatic heterocycles. The van der Waals surface area contributed by atoms with Crippen LogP contribution in [-0.4, -0.2) is 10.9 Å². The van der Waals surface area contributed by atoms with Crippen LogP contribution in [-0.2, 0) is 6.42 Å². The third-order valence-corrected chi connectivity index (χ3v) is 4.15. The van der Waals surface area contributed by atoms with Gasteiger partial charge in [-0.25, -0.2) is 4.98 Å². The molecule has 0 saturated carbocycles. The number of aryl methyl sites for hydroxylation is 2. The van der Waals surface area contributed by atoms with Crippen LogP contribution >= 0.6 is 11.3 Å². The molecule has 17 heavy (non-hydrogen) atoms. The number of nitrogen functional groups attached to an aromatic ring is 1. The van der Waals surface area contributed by atoms with E-state index in [-0.39, 0.29) is 0 Å². The largest absolute Gasteiger partial charge is 0.397 e. The number of hydrogen-bond acceptors (Lipinski definition) is 4. The van der Waals surface area contributed by atoms with Crippen LogP contribution in [0.4, 0.5) is 5.69 Å². The van der Waals surface area contributed by atoms with Crippen molar-refractivity contribution in [2.24, 2.45) is 5.73 Å². The van der Waals surface area contributed by atoms with Gasteiger partial charge >= 0.3 is 0 Å². The molecule has 0 spiro atoms. The van der Waals surface area contributed by atoms with Crippen molar-refractivity contribution in [3.8, 4) is 0 Å². The summed E-state index contributed by atoms with van der Waals surface area (Å²) in [4.78, 5) is 17.0. The van der Waals surface area contributed by atoms with E-state index in [1.54, 1.807) is 0 Å². The van der Waals surface area contributed by atoms with Crippen molar-refractivity contribution in [1.29, 1.82) is 0 Å². The smallest absolute Gasteiger partial charge is 0.260 e. The SMILES string of the molecule is CCc1c(C)nc2sc(C(N)=O)c(N)c2c1C. The van der Waals surface area contributed by atoms with Gasteiger partial charge in [0.2, 0.25) is 0 Å². The maximum atomic E-state index is 11.3. The van der Waals surface area contributed by atoms with Crippen molar-refractivity contribution in [2.75, 3.05) is 5.73 Å². The normalized spacial score (nSPS) is 11.0. The molecule has 2 rings (SSSR count). The molecule has 0 atom stereocenters. The number of carbonyl (C=O) groups is 1. The zero-order valence-electron chi connectivity index (χ0n) is 10.1. The van der Waals surface area contributed by atoms with Crippen LogP contribution in [0.1, 0.15) is 33.4 Å². The third kappa shape index (κ3) is 1.67. The second kappa shape index (κ2) is 4.00. The maximum Gasteiger partial charge on any atom is 0.260 e. The number of pyridine rings is 1. The molecule has 4 nitrogen and oxygen atoms in total. The molecule has 0 fully saturated rings. The van der Waals surface area contributed by atoms with Gasteiger partial charge in [0.25, 0.3) is 5.91 Å². The van der Waals surface area contributed by atoms with Crippen LogP contribution in [0, 0.1) is 13.8 Å². The van der Waals surface area contributed by atoms with Gasteiger partial charge in [-0.1, -0.05) is 6.92 Å². The van der Waals surface area contributed by atoms with Crippen LogP contribution in [0.2, 0.25) is 0 Å². The quantitative estimate of drug-likeness (QED) is 0.855. The van der Waals surface area contributed by atoms with Gasteiger partial charge in [0.05, 0.1) is 5.69 Å².